The number of para-hydroxylation sites is 1. The fourth-order valence-corrected chi connectivity index (χ4v) is 3.18. The lowest BCUT2D eigenvalue weighted by Crippen LogP contribution is -2.38. The number of ether oxygens (including phenoxy) is 2. The molecule has 0 saturated carbocycles. The molecule has 0 fully saturated rings. The van der Waals surface area contributed by atoms with E-state index in [2.05, 4.69) is 25.2 Å². The molecule has 5 heteroatoms. The number of amides is 1. The van der Waals surface area contributed by atoms with Crippen molar-refractivity contribution in [2.45, 2.75) is 52.7 Å². The number of halogens is 1. The third-order valence-corrected chi connectivity index (χ3v) is 4.89. The molecule has 27 heavy (non-hydrogen) atoms. The lowest BCUT2D eigenvalue weighted by atomic mass is 9.93. The van der Waals surface area contributed by atoms with Gasteiger partial charge in [0.1, 0.15) is 11.5 Å². The number of benzene rings is 2. The van der Waals surface area contributed by atoms with E-state index in [0.29, 0.717) is 16.7 Å². The fourth-order valence-electron chi connectivity index (χ4n) is 3.00. The summed E-state index contributed by atoms with van der Waals surface area (Å²) in [6, 6.07) is 11.1. The normalized spacial score (nSPS) is 13.2. The minimum atomic E-state index is -0.657. The van der Waals surface area contributed by atoms with Gasteiger partial charge in [-0.3, -0.25) is 4.79 Å². The maximum Gasteiger partial charge on any atom is 0.261 e. The first-order valence-corrected chi connectivity index (χ1v) is 9.52. The molecule has 0 saturated heterocycles. The molecule has 0 unspecified atom stereocenters. The Hall–Kier alpha value is -2.20. The highest BCUT2D eigenvalue weighted by atomic mass is 35.5. The van der Waals surface area contributed by atoms with E-state index in [9.17, 15) is 4.79 Å². The Morgan fingerprint density at radius 2 is 1.70 bits per heavy atom. The second-order valence-corrected chi connectivity index (χ2v) is 7.43. The molecule has 2 aromatic rings. The summed E-state index contributed by atoms with van der Waals surface area (Å²) in [5.41, 5.74) is 3.26. The van der Waals surface area contributed by atoms with E-state index in [0.717, 1.165) is 22.4 Å². The molecule has 0 aliphatic carbocycles. The molecule has 1 N–H and O–H groups in total. The minimum absolute atomic E-state index is 0.154. The molecule has 146 valence electrons. The summed E-state index contributed by atoms with van der Waals surface area (Å²) in [6.07, 6.45) is -0.657. The van der Waals surface area contributed by atoms with Gasteiger partial charge in [-0.25, -0.2) is 0 Å². The summed E-state index contributed by atoms with van der Waals surface area (Å²) in [5.74, 6) is 1.51. The van der Waals surface area contributed by atoms with Gasteiger partial charge in [0.2, 0.25) is 0 Å². The Balaban J connectivity index is 2.14. The van der Waals surface area contributed by atoms with Crippen LogP contribution in [0.15, 0.2) is 36.4 Å². The minimum Gasteiger partial charge on any atom is -0.496 e. The van der Waals surface area contributed by atoms with Gasteiger partial charge in [-0.15, -0.1) is 0 Å². The molecule has 2 atom stereocenters. The van der Waals surface area contributed by atoms with Gasteiger partial charge in [-0.2, -0.15) is 0 Å². The molecule has 0 aliphatic rings. The van der Waals surface area contributed by atoms with E-state index >= 15 is 0 Å². The van der Waals surface area contributed by atoms with Crippen molar-refractivity contribution in [2.24, 2.45) is 0 Å². The van der Waals surface area contributed by atoms with Crippen molar-refractivity contribution in [1.29, 1.82) is 0 Å². The molecule has 0 aromatic heterocycles. The SMILES string of the molecule is COc1cc(C)c([C@H](C)NC(=O)[C@@H](C)Oc2ccccc2Cl)cc1C(C)C. The Morgan fingerprint density at radius 1 is 1.04 bits per heavy atom. The number of hydrogen-bond acceptors (Lipinski definition) is 3. The van der Waals surface area contributed by atoms with Crippen LogP contribution in [0.5, 0.6) is 11.5 Å². The van der Waals surface area contributed by atoms with E-state index in [1.807, 2.05) is 32.0 Å². The van der Waals surface area contributed by atoms with E-state index in [1.165, 1.54) is 0 Å². The van der Waals surface area contributed by atoms with Gasteiger partial charge in [0.15, 0.2) is 6.10 Å². The van der Waals surface area contributed by atoms with E-state index in [1.54, 1.807) is 26.2 Å². The van der Waals surface area contributed by atoms with Crippen LogP contribution in [0.1, 0.15) is 56.3 Å². The van der Waals surface area contributed by atoms with Crippen molar-refractivity contribution in [3.8, 4) is 11.5 Å². The average molecular weight is 390 g/mol. The van der Waals surface area contributed by atoms with Gasteiger partial charge in [0, 0.05) is 0 Å². The van der Waals surface area contributed by atoms with E-state index in [4.69, 9.17) is 21.1 Å². The Labute approximate surface area is 166 Å². The molecule has 0 spiro atoms. The first-order valence-electron chi connectivity index (χ1n) is 9.14. The standard InChI is InChI=1S/C22H28ClNO3/c1-13(2)17-12-18(14(3)11-21(17)26-6)15(4)24-22(25)16(5)27-20-10-8-7-9-19(20)23/h7-13,15-16H,1-6H3,(H,24,25)/t15-,16+/m0/s1. The van der Waals surface area contributed by atoms with Crippen molar-refractivity contribution in [3.05, 3.63) is 58.1 Å². The number of nitrogens with one attached hydrogen (secondary N) is 1. The monoisotopic (exact) mass is 389 g/mol. The predicted molar refractivity (Wildman–Crippen MR) is 110 cm³/mol. The maximum absolute atomic E-state index is 12.6. The molecule has 0 radical (unpaired) electrons. The van der Waals surface area contributed by atoms with Crippen molar-refractivity contribution in [2.75, 3.05) is 7.11 Å². The Bertz CT molecular complexity index is 804. The lowest BCUT2D eigenvalue weighted by molar-refractivity contribution is -0.127. The molecule has 1 amide bonds. The average Bonchev–Trinajstić information content (AvgIpc) is 2.62. The Kier molecular flexibility index (Phi) is 7.14. The topological polar surface area (TPSA) is 47.6 Å². The van der Waals surface area contributed by atoms with E-state index < -0.39 is 6.10 Å². The third kappa shape index (κ3) is 5.16. The van der Waals surface area contributed by atoms with Crippen LogP contribution in [0.4, 0.5) is 0 Å². The van der Waals surface area contributed by atoms with Crippen LogP contribution in [0.3, 0.4) is 0 Å². The van der Waals surface area contributed by atoms with Crippen molar-refractivity contribution < 1.29 is 14.3 Å². The second-order valence-electron chi connectivity index (χ2n) is 7.03. The molecule has 0 heterocycles. The van der Waals surface area contributed by atoms with Crippen molar-refractivity contribution in [1.82, 2.24) is 5.32 Å². The number of aryl methyl sites for hydroxylation is 1. The Morgan fingerprint density at radius 3 is 2.30 bits per heavy atom. The van der Waals surface area contributed by atoms with Crippen LogP contribution in [0, 0.1) is 6.92 Å². The summed E-state index contributed by atoms with van der Waals surface area (Å²) in [6.45, 7) is 9.96. The summed E-state index contributed by atoms with van der Waals surface area (Å²) in [4.78, 5) is 12.6. The molecule has 0 aliphatic heterocycles. The predicted octanol–water partition coefficient (Wildman–Crippen LogP) is 5.43. The lowest BCUT2D eigenvalue weighted by Gasteiger charge is -2.23. The summed E-state index contributed by atoms with van der Waals surface area (Å²) in [5, 5.41) is 3.52. The largest absolute Gasteiger partial charge is 0.496 e. The maximum atomic E-state index is 12.6. The summed E-state index contributed by atoms with van der Waals surface area (Å²) >= 11 is 6.10. The van der Waals surface area contributed by atoms with Gasteiger partial charge in [0.25, 0.3) is 5.91 Å². The van der Waals surface area contributed by atoms with Crippen molar-refractivity contribution >= 4 is 17.5 Å². The first kappa shape index (κ1) is 21.1. The van der Waals surface area contributed by atoms with Crippen LogP contribution in [-0.2, 0) is 4.79 Å². The van der Waals surface area contributed by atoms with Crippen LogP contribution >= 0.6 is 11.6 Å². The molecule has 2 aromatic carbocycles. The van der Waals surface area contributed by atoms with Gasteiger partial charge in [-0.1, -0.05) is 37.6 Å². The van der Waals surface area contributed by atoms with Crippen LogP contribution < -0.4 is 14.8 Å². The number of methoxy groups -OCH3 is 1. The quantitative estimate of drug-likeness (QED) is 0.687. The summed E-state index contributed by atoms with van der Waals surface area (Å²) < 4.78 is 11.2. The van der Waals surface area contributed by atoms with Gasteiger partial charge in [0.05, 0.1) is 18.2 Å². The molecule has 2 rings (SSSR count). The second kappa shape index (κ2) is 9.14. The van der Waals surface area contributed by atoms with Crippen LogP contribution in [0.2, 0.25) is 5.02 Å². The first-order chi connectivity index (χ1) is 12.7. The molecular formula is C22H28ClNO3. The smallest absolute Gasteiger partial charge is 0.261 e. The fraction of sp³-hybridized carbons (Fsp3) is 0.409. The highest BCUT2D eigenvalue weighted by Gasteiger charge is 2.21. The van der Waals surface area contributed by atoms with Crippen molar-refractivity contribution in [3.63, 3.8) is 0 Å². The summed E-state index contributed by atoms with van der Waals surface area (Å²) in [7, 11) is 1.68. The number of carbonyl (C=O) groups excluding carboxylic acids is 1. The van der Waals surface area contributed by atoms with Crippen LogP contribution in [0.25, 0.3) is 0 Å². The number of rotatable bonds is 7. The van der Waals surface area contributed by atoms with Gasteiger partial charge >= 0.3 is 0 Å². The molecule has 0 bridgehead atoms. The highest BCUT2D eigenvalue weighted by Crippen LogP contribution is 2.32. The highest BCUT2D eigenvalue weighted by molar-refractivity contribution is 6.32. The van der Waals surface area contributed by atoms with Gasteiger partial charge < -0.3 is 14.8 Å². The zero-order valence-corrected chi connectivity index (χ0v) is 17.6. The van der Waals surface area contributed by atoms with Crippen LogP contribution in [-0.4, -0.2) is 19.1 Å². The zero-order valence-electron chi connectivity index (χ0n) is 16.8. The zero-order chi connectivity index (χ0) is 20.1. The number of hydrogen-bond donors (Lipinski definition) is 1. The van der Waals surface area contributed by atoms with Gasteiger partial charge in [-0.05, 0) is 67.6 Å². The molecular weight excluding hydrogens is 362 g/mol. The number of carbonyl (C=O) groups is 1. The third-order valence-electron chi connectivity index (χ3n) is 4.58. The van der Waals surface area contributed by atoms with E-state index in [-0.39, 0.29) is 11.9 Å². The molecule has 4 nitrogen and oxygen atoms in total.